The van der Waals surface area contributed by atoms with Crippen molar-refractivity contribution in [3.8, 4) is 0 Å². The summed E-state index contributed by atoms with van der Waals surface area (Å²) in [4.78, 5) is 0.0822. The highest BCUT2D eigenvalue weighted by Gasteiger charge is 2.42. The fraction of sp³-hybridized carbons (Fsp3) is 0.905. The normalized spacial score (nSPS) is 37.6. The predicted octanol–water partition coefficient (Wildman–Crippen LogP) is 8.72. The maximum atomic E-state index is 13.2. The Balaban J connectivity index is 0. The van der Waals surface area contributed by atoms with Crippen LogP contribution >= 0.6 is 77.7 Å². The van der Waals surface area contributed by atoms with Crippen molar-refractivity contribution in [3.63, 3.8) is 0 Å². The van der Waals surface area contributed by atoms with Gasteiger partial charge in [-0.25, -0.2) is 4.39 Å². The van der Waals surface area contributed by atoms with Gasteiger partial charge in [0.1, 0.15) is 6.10 Å². The van der Waals surface area contributed by atoms with Gasteiger partial charge in [-0.2, -0.15) is 0 Å². The van der Waals surface area contributed by atoms with Crippen LogP contribution in [0.1, 0.15) is 68.2 Å². The third-order valence-electron chi connectivity index (χ3n) is 10.3. The summed E-state index contributed by atoms with van der Waals surface area (Å²) in [7, 11) is 0. The summed E-state index contributed by atoms with van der Waals surface area (Å²) in [6.45, 7) is 21.0. The topological polar surface area (TPSA) is 118 Å². The lowest BCUT2D eigenvalue weighted by atomic mass is 10.1. The summed E-state index contributed by atoms with van der Waals surface area (Å²) in [5, 5.41) is 38.7. The molecule has 4 unspecified atom stereocenters. The number of ether oxygens (including phenoxy) is 4. The first-order valence-corrected chi connectivity index (χ1v) is 34.7. The summed E-state index contributed by atoms with van der Waals surface area (Å²) < 4.78 is 35.8. The van der Waals surface area contributed by atoms with Crippen molar-refractivity contribution in [2.24, 2.45) is 0 Å². The zero-order chi connectivity index (χ0) is 43.7. The van der Waals surface area contributed by atoms with Crippen LogP contribution in [0.4, 0.5) is 4.39 Å². The van der Waals surface area contributed by atoms with Crippen molar-refractivity contribution in [3.05, 3.63) is 0 Å². The lowest BCUT2D eigenvalue weighted by Crippen LogP contribution is -2.28. The molecule has 8 nitrogen and oxygen atoms in total. The minimum Gasteiger partial charge on any atom is -0.389 e. The second kappa shape index (κ2) is 27.1. The van der Waals surface area contributed by atoms with E-state index in [-0.39, 0.29) is 83.9 Å². The molecule has 4 saturated heterocycles. The van der Waals surface area contributed by atoms with Crippen LogP contribution in [-0.4, -0.2) is 217 Å². The van der Waals surface area contributed by atoms with Crippen LogP contribution in [0.5, 0.6) is 0 Å². The highest BCUT2D eigenvalue weighted by atomic mass is 127. The summed E-state index contributed by atoms with van der Waals surface area (Å²) in [6.07, 6.45) is 20.2. The highest BCUT2D eigenvalue weighted by Crippen LogP contribution is 2.41. The van der Waals surface area contributed by atoms with Gasteiger partial charge in [-0.3, -0.25) is 0 Å². The molecular formula is C42H88BrClFIO8P4. The lowest BCUT2D eigenvalue weighted by molar-refractivity contribution is 0.0150. The largest absolute Gasteiger partial charge is 0.389 e. The zero-order valence-corrected chi connectivity index (χ0v) is 44.5. The van der Waals surface area contributed by atoms with Crippen molar-refractivity contribution >= 4 is 103 Å². The van der Waals surface area contributed by atoms with Crippen LogP contribution < -0.4 is 0 Å². The van der Waals surface area contributed by atoms with E-state index in [4.69, 9.17) is 30.5 Å². The minimum absolute atomic E-state index is 0. The monoisotopic (exact) mass is 1100 g/mol. The van der Waals surface area contributed by atoms with E-state index in [1.54, 1.807) is 6.92 Å². The molecule has 352 valence electrons. The van der Waals surface area contributed by atoms with Crippen LogP contribution in [-0.2, 0) is 18.9 Å². The smallest absolute Gasteiger partial charge is 0.154 e. The van der Waals surface area contributed by atoms with E-state index < -0.39 is 52.0 Å². The summed E-state index contributed by atoms with van der Waals surface area (Å²) in [6, 6.07) is 0. The molecule has 4 N–H and O–H groups in total. The highest BCUT2D eigenvalue weighted by molar-refractivity contribution is 14.1. The van der Waals surface area contributed by atoms with Gasteiger partial charge in [0.15, 0.2) is 6.17 Å². The molecule has 0 spiro atoms. The van der Waals surface area contributed by atoms with Gasteiger partial charge in [-0.15, -0.1) is 64.3 Å². The van der Waals surface area contributed by atoms with Gasteiger partial charge in [-0.05, 0) is 131 Å². The Morgan fingerprint density at radius 1 is 0.534 bits per heavy atom. The SMILES string of the molecule is C.C.C=P(C)(C)CC[C@H]1O[C@@H](C)C(Br)[C@@H]1O.C=P(C)(C)CC[C@H]1O[C@@H](C)C(Cl)[C@@H]1O.C=P(C)(C)CC[C@H]1O[C@@H](C)C(F)[C@@H]1O.C=P(C)(C)CC[C@H]1O[C@@H](C)C(I)[C@@H]1O. The molecule has 4 rings (SSSR count). The molecule has 0 bridgehead atoms. The van der Waals surface area contributed by atoms with E-state index in [9.17, 15) is 24.8 Å². The average molecular weight is 1110 g/mol. The molecule has 0 aromatic rings. The number of aliphatic hydroxyl groups excluding tert-OH is 4. The molecule has 0 aromatic heterocycles. The van der Waals surface area contributed by atoms with Crippen molar-refractivity contribution in [1.82, 2.24) is 0 Å². The molecule has 0 aliphatic carbocycles. The number of hydrogen-bond acceptors (Lipinski definition) is 8. The number of rotatable bonds is 12. The molecule has 16 atom stereocenters. The van der Waals surface area contributed by atoms with Crippen LogP contribution in [0.15, 0.2) is 0 Å². The van der Waals surface area contributed by atoms with E-state index in [0.29, 0.717) is 0 Å². The maximum absolute atomic E-state index is 13.2. The predicted molar refractivity (Wildman–Crippen MR) is 281 cm³/mol. The van der Waals surface area contributed by atoms with Gasteiger partial charge < -0.3 is 39.4 Å². The van der Waals surface area contributed by atoms with Crippen LogP contribution in [0.2, 0.25) is 0 Å². The van der Waals surface area contributed by atoms with Crippen molar-refractivity contribution < 1.29 is 43.8 Å². The van der Waals surface area contributed by atoms with E-state index in [1.165, 1.54) is 0 Å². The van der Waals surface area contributed by atoms with E-state index in [2.05, 4.69) is 117 Å². The molecule has 0 radical (unpaired) electrons. The Hall–Kier alpha value is 2.31. The Morgan fingerprint density at radius 3 is 1.07 bits per heavy atom. The van der Waals surface area contributed by atoms with E-state index in [0.717, 1.165) is 50.3 Å². The number of hydrogen-bond donors (Lipinski definition) is 4. The van der Waals surface area contributed by atoms with Gasteiger partial charge in [-0.1, -0.05) is 53.4 Å². The number of halogens is 4. The Kier molecular flexibility index (Phi) is 29.1. The molecule has 4 aliphatic rings. The van der Waals surface area contributed by atoms with Crippen molar-refractivity contribution in [2.75, 3.05) is 78.0 Å². The third-order valence-corrected chi connectivity index (χ3v) is 19.8. The molecule has 0 amide bonds. The van der Waals surface area contributed by atoms with Gasteiger partial charge in [0, 0.05) is 0 Å². The summed E-state index contributed by atoms with van der Waals surface area (Å²) in [5.41, 5.74) is 0. The first-order chi connectivity index (χ1) is 25.2. The average Bonchev–Trinajstić information content (AvgIpc) is 3.66. The molecule has 58 heavy (non-hydrogen) atoms. The molecule has 4 aliphatic heterocycles. The number of alkyl halides is 4. The lowest BCUT2D eigenvalue weighted by Gasteiger charge is -2.18. The minimum atomic E-state index is -1.23. The van der Waals surface area contributed by atoms with Crippen LogP contribution in [0.3, 0.4) is 0 Å². The fourth-order valence-corrected chi connectivity index (χ4v) is 11.7. The second-order valence-corrected chi connectivity index (χ2v) is 39.3. The summed E-state index contributed by atoms with van der Waals surface area (Å²) in [5.74, 6) is 0. The zero-order valence-electron chi connectivity index (χ0n) is 36.4. The summed E-state index contributed by atoms with van der Waals surface area (Å²) >= 11 is 11.7. The molecule has 4 heterocycles. The molecular weight excluding hydrogens is 1020 g/mol. The number of aliphatic hydroxyl groups is 4. The second-order valence-electron chi connectivity index (χ2n) is 19.1. The molecule has 0 aromatic carbocycles. The van der Waals surface area contributed by atoms with Gasteiger partial charge >= 0.3 is 0 Å². The van der Waals surface area contributed by atoms with Crippen LogP contribution in [0, 0.1) is 0 Å². The van der Waals surface area contributed by atoms with Crippen LogP contribution in [0.25, 0.3) is 0 Å². The van der Waals surface area contributed by atoms with Crippen molar-refractivity contribution in [1.29, 1.82) is 0 Å². The fourth-order valence-electron chi connectivity index (χ4n) is 6.52. The van der Waals surface area contributed by atoms with Gasteiger partial charge in [0.05, 0.1) is 81.3 Å². The molecule has 16 heteroatoms. The van der Waals surface area contributed by atoms with Gasteiger partial charge in [0.2, 0.25) is 0 Å². The maximum Gasteiger partial charge on any atom is 0.154 e. The van der Waals surface area contributed by atoms with E-state index in [1.807, 2.05) is 20.8 Å². The first kappa shape index (κ1) is 62.4. The molecule has 0 saturated carbocycles. The molecule has 4 fully saturated rings. The van der Waals surface area contributed by atoms with Gasteiger partial charge in [0.25, 0.3) is 0 Å². The first-order valence-electron chi connectivity index (χ1n) is 19.8. The quantitative estimate of drug-likeness (QED) is 0.0872. The Labute approximate surface area is 383 Å². The standard InChI is InChI=1S/C10H20BrO2P.C10H20ClO2P.C10H20FO2P.C10H20IO2P.2CH4/c4*1-7-9(11)10(12)8(13-7)5-6-14(2,3)4;;/h4*7-10,12H,2,5-6H2,1,3-4H3;2*1H4/t4*7-,8+,9?,10+;;/m0000../s1. The third kappa shape index (κ3) is 23.5. The Bertz CT molecular complexity index is 1160. The van der Waals surface area contributed by atoms with Crippen molar-refractivity contribution in [2.45, 2.75) is 162 Å². The van der Waals surface area contributed by atoms with E-state index >= 15 is 0 Å². The Morgan fingerprint density at radius 2 is 0.828 bits per heavy atom.